The van der Waals surface area contributed by atoms with Crippen molar-refractivity contribution in [2.24, 2.45) is 0 Å². The molecule has 0 bridgehead atoms. The Hall–Kier alpha value is 1.07. The fourth-order valence-electron chi connectivity index (χ4n) is 0.151. The first kappa shape index (κ1) is 10.9. The molecule has 38 valence electrons. The summed E-state index contributed by atoms with van der Waals surface area (Å²) in [5.41, 5.74) is 0. The molecule has 0 amide bonds. The van der Waals surface area contributed by atoms with Gasteiger partial charge in [0.05, 0.1) is 6.54 Å². The number of carbonyl (C=O) groups is 1. The zero-order valence-electron chi connectivity index (χ0n) is 3.56. The molecule has 0 radical (unpaired) electrons. The van der Waals surface area contributed by atoms with E-state index in [-0.39, 0.29) is 57.9 Å². The summed E-state index contributed by atoms with van der Waals surface area (Å²) in [6.07, 6.45) is 0. The Bertz CT molecular complexity index is 56.9. The van der Waals surface area contributed by atoms with Crippen LogP contribution in [0.15, 0.2) is 0 Å². The number of aliphatic carboxylic acids is 1. The number of likely N-dealkylation sites (N-methyl/N-ethyl adjacent to an activating group) is 1. The molecule has 0 aliphatic rings. The minimum absolute atomic E-state index is 0. The predicted octanol–water partition coefficient (Wildman–Crippen LogP) is -1.36. The fourth-order valence-corrected chi connectivity index (χ4v) is 0.151. The van der Waals surface area contributed by atoms with Crippen molar-refractivity contribution in [3.8, 4) is 0 Å². The van der Waals surface area contributed by atoms with Gasteiger partial charge in [-0.2, -0.15) is 0 Å². The maximum atomic E-state index is 9.54. The molecule has 0 rings (SSSR count). The van der Waals surface area contributed by atoms with Gasteiger partial charge in [0.15, 0.2) is 0 Å². The Morgan fingerprint density at radius 3 is 2.29 bits per heavy atom. The second-order valence-electron chi connectivity index (χ2n) is 0.924. The van der Waals surface area contributed by atoms with Crippen molar-refractivity contribution in [1.82, 2.24) is 5.32 Å². The minimum atomic E-state index is -0.822. The molecule has 2 N–H and O–H groups in total. The Kier molecular flexibility index (Phi) is 11.0. The van der Waals surface area contributed by atoms with E-state index < -0.39 is 5.97 Å². The van der Waals surface area contributed by atoms with Gasteiger partial charge >= 0.3 is 57.4 Å². The summed E-state index contributed by atoms with van der Waals surface area (Å²) < 4.78 is 0. The SMILES string of the molecule is CNCC(=O)O.[KH]. The molecule has 0 saturated carbocycles. The van der Waals surface area contributed by atoms with Gasteiger partial charge in [-0.15, -0.1) is 0 Å². The summed E-state index contributed by atoms with van der Waals surface area (Å²) in [6, 6.07) is 0. The van der Waals surface area contributed by atoms with Gasteiger partial charge in [-0.3, -0.25) is 4.79 Å². The number of carboxylic acid groups (broad SMARTS) is 1. The monoisotopic (exact) mass is 129 g/mol. The molecule has 0 aliphatic carbocycles. The Morgan fingerprint density at radius 2 is 2.29 bits per heavy atom. The molecule has 3 nitrogen and oxygen atoms in total. The molecule has 0 aromatic rings. The summed E-state index contributed by atoms with van der Waals surface area (Å²) in [7, 11) is 1.59. The second-order valence-corrected chi connectivity index (χ2v) is 0.924. The van der Waals surface area contributed by atoms with Crippen LogP contribution in [-0.2, 0) is 4.79 Å². The van der Waals surface area contributed by atoms with E-state index in [4.69, 9.17) is 5.11 Å². The molecule has 0 saturated heterocycles. The van der Waals surface area contributed by atoms with Gasteiger partial charge in [0.1, 0.15) is 0 Å². The summed E-state index contributed by atoms with van der Waals surface area (Å²) in [6.45, 7) is 0.0417. The summed E-state index contributed by atoms with van der Waals surface area (Å²) in [5, 5.41) is 10.3. The summed E-state index contributed by atoms with van der Waals surface area (Å²) in [4.78, 5) is 9.54. The number of rotatable bonds is 2. The first-order valence-corrected chi connectivity index (χ1v) is 1.63. The Balaban J connectivity index is 0. The van der Waals surface area contributed by atoms with Crippen molar-refractivity contribution >= 4 is 57.4 Å². The van der Waals surface area contributed by atoms with E-state index >= 15 is 0 Å². The van der Waals surface area contributed by atoms with Crippen LogP contribution < -0.4 is 5.32 Å². The van der Waals surface area contributed by atoms with Crippen LogP contribution >= 0.6 is 0 Å². The third-order valence-electron chi connectivity index (χ3n) is 0.328. The third-order valence-corrected chi connectivity index (χ3v) is 0.328. The maximum absolute atomic E-state index is 9.54. The van der Waals surface area contributed by atoms with Crippen molar-refractivity contribution in [3.05, 3.63) is 0 Å². The molecule has 0 aromatic carbocycles. The van der Waals surface area contributed by atoms with E-state index in [0.717, 1.165) is 0 Å². The fraction of sp³-hybridized carbons (Fsp3) is 0.667. The van der Waals surface area contributed by atoms with E-state index in [9.17, 15) is 4.79 Å². The molecule has 0 fully saturated rings. The zero-order chi connectivity index (χ0) is 4.99. The quantitative estimate of drug-likeness (QED) is 0.453. The van der Waals surface area contributed by atoms with Crippen molar-refractivity contribution in [2.45, 2.75) is 0 Å². The topological polar surface area (TPSA) is 49.3 Å². The van der Waals surface area contributed by atoms with E-state index in [2.05, 4.69) is 5.32 Å². The predicted molar refractivity (Wildman–Crippen MR) is 28.7 cm³/mol. The molecule has 0 unspecified atom stereocenters. The molecule has 4 heteroatoms. The molecule has 0 heterocycles. The van der Waals surface area contributed by atoms with Gasteiger partial charge in [0.2, 0.25) is 0 Å². The van der Waals surface area contributed by atoms with Gasteiger partial charge in [-0.1, -0.05) is 0 Å². The van der Waals surface area contributed by atoms with Crippen LogP contribution in [0.3, 0.4) is 0 Å². The number of hydrogen-bond acceptors (Lipinski definition) is 2. The van der Waals surface area contributed by atoms with Gasteiger partial charge in [0.25, 0.3) is 0 Å². The van der Waals surface area contributed by atoms with Gasteiger partial charge < -0.3 is 10.4 Å². The van der Waals surface area contributed by atoms with E-state index in [1.807, 2.05) is 0 Å². The van der Waals surface area contributed by atoms with E-state index in [1.165, 1.54) is 0 Å². The summed E-state index contributed by atoms with van der Waals surface area (Å²) >= 11 is 0. The van der Waals surface area contributed by atoms with Crippen LogP contribution in [0, 0.1) is 0 Å². The van der Waals surface area contributed by atoms with E-state index in [0.29, 0.717) is 0 Å². The van der Waals surface area contributed by atoms with Crippen LogP contribution in [-0.4, -0.2) is 76.1 Å². The van der Waals surface area contributed by atoms with Crippen LogP contribution in [0.1, 0.15) is 0 Å². The molecular formula is C3H8KNO2. The zero-order valence-corrected chi connectivity index (χ0v) is 3.56. The normalized spacial score (nSPS) is 7.00. The van der Waals surface area contributed by atoms with Gasteiger partial charge in [-0.05, 0) is 7.05 Å². The van der Waals surface area contributed by atoms with E-state index in [1.54, 1.807) is 7.05 Å². The standard InChI is InChI=1S/C3H7NO2.K.H/c1-4-2-3(5)6;;/h4H,2H2,1H3,(H,5,6);;. The Labute approximate surface area is 84.9 Å². The number of nitrogens with one attached hydrogen (secondary N) is 1. The first-order valence-electron chi connectivity index (χ1n) is 1.63. The molecule has 0 atom stereocenters. The molecule has 7 heavy (non-hydrogen) atoms. The molecule has 0 spiro atoms. The van der Waals surface area contributed by atoms with Crippen LogP contribution in [0.4, 0.5) is 0 Å². The summed E-state index contributed by atoms with van der Waals surface area (Å²) in [5.74, 6) is -0.822. The average molecular weight is 129 g/mol. The van der Waals surface area contributed by atoms with Crippen LogP contribution in [0.25, 0.3) is 0 Å². The second kappa shape index (κ2) is 7.07. The first-order chi connectivity index (χ1) is 2.77. The molecule has 0 aromatic heterocycles. The van der Waals surface area contributed by atoms with Gasteiger partial charge in [-0.25, -0.2) is 0 Å². The van der Waals surface area contributed by atoms with Gasteiger partial charge in [0, 0.05) is 0 Å². The van der Waals surface area contributed by atoms with Crippen molar-refractivity contribution < 1.29 is 9.90 Å². The number of carboxylic acids is 1. The van der Waals surface area contributed by atoms with Crippen LogP contribution in [0.2, 0.25) is 0 Å². The van der Waals surface area contributed by atoms with Crippen molar-refractivity contribution in [1.29, 1.82) is 0 Å². The molecule has 0 aliphatic heterocycles. The Morgan fingerprint density at radius 1 is 1.86 bits per heavy atom. The van der Waals surface area contributed by atoms with Crippen LogP contribution in [0.5, 0.6) is 0 Å². The number of hydrogen-bond donors (Lipinski definition) is 2. The van der Waals surface area contributed by atoms with Crippen molar-refractivity contribution in [2.75, 3.05) is 13.6 Å². The third kappa shape index (κ3) is 11.0. The average Bonchev–Trinajstić information content (AvgIpc) is 1.35. The van der Waals surface area contributed by atoms with Crippen molar-refractivity contribution in [3.63, 3.8) is 0 Å². The molecular weight excluding hydrogens is 121 g/mol.